The van der Waals surface area contributed by atoms with Crippen molar-refractivity contribution in [2.45, 2.75) is 27.4 Å². The molecule has 6 nitrogen and oxygen atoms in total. The van der Waals surface area contributed by atoms with Crippen molar-refractivity contribution in [2.24, 2.45) is 0 Å². The molecule has 4 rings (SSSR count). The van der Waals surface area contributed by atoms with Gasteiger partial charge in [-0.05, 0) is 42.8 Å². The topological polar surface area (TPSA) is 77.9 Å². The highest BCUT2D eigenvalue weighted by molar-refractivity contribution is 7.15. The minimum atomic E-state index is -1.02. The minimum absolute atomic E-state index is 0.300. The molecule has 1 N–H and O–H groups in total. The summed E-state index contributed by atoms with van der Waals surface area (Å²) in [4.78, 5) is 16.6. The number of aromatic nitrogens is 1. The molecule has 0 aliphatic carbocycles. The van der Waals surface area contributed by atoms with Crippen LogP contribution in [0.1, 0.15) is 24.4 Å². The third-order valence-electron chi connectivity index (χ3n) is 4.93. The number of carboxylic acid groups (broad SMARTS) is 1. The Balaban J connectivity index is 0.00000167. The van der Waals surface area contributed by atoms with Crippen LogP contribution in [0.25, 0.3) is 21.7 Å². The molecule has 0 fully saturated rings. The lowest BCUT2D eigenvalue weighted by atomic mass is 10.1. The van der Waals surface area contributed by atoms with E-state index < -0.39 is 5.97 Å². The Morgan fingerprint density at radius 3 is 2.34 bits per heavy atom. The molecule has 1 heterocycles. The first-order valence-electron chi connectivity index (χ1n) is 11.3. The molecule has 1 aromatic heterocycles. The Morgan fingerprint density at radius 2 is 1.66 bits per heavy atom. The number of carbonyl (C=O) groups is 1. The molecule has 182 valence electrons. The Labute approximate surface area is 209 Å². The molecule has 0 amide bonds. The van der Waals surface area contributed by atoms with Crippen LogP contribution in [0.5, 0.6) is 17.2 Å². The van der Waals surface area contributed by atoms with Crippen molar-refractivity contribution in [1.29, 1.82) is 0 Å². The first kappa shape index (κ1) is 25.8. The molecule has 0 spiro atoms. The number of carboxylic acids is 1. The maximum absolute atomic E-state index is 10.7. The highest BCUT2D eigenvalue weighted by Gasteiger charge is 2.18. The average Bonchev–Trinajstić information content (AvgIpc) is 3.32. The monoisotopic (exact) mass is 491 g/mol. The van der Waals surface area contributed by atoms with Crippen LogP contribution < -0.4 is 14.2 Å². The zero-order valence-corrected chi connectivity index (χ0v) is 21.1. The fourth-order valence-corrected chi connectivity index (χ4v) is 4.42. The first-order chi connectivity index (χ1) is 17.0. The van der Waals surface area contributed by atoms with Gasteiger partial charge < -0.3 is 19.3 Å². The minimum Gasteiger partial charge on any atom is -0.496 e. The Kier molecular flexibility index (Phi) is 9.26. The van der Waals surface area contributed by atoms with Crippen molar-refractivity contribution in [2.75, 3.05) is 13.7 Å². The number of ether oxygens (including phenoxy) is 3. The van der Waals surface area contributed by atoms with E-state index in [1.54, 1.807) is 30.6 Å². The lowest BCUT2D eigenvalue weighted by Gasteiger charge is -2.09. The number of methoxy groups -OCH3 is 1. The summed E-state index contributed by atoms with van der Waals surface area (Å²) in [7, 11) is 1.66. The molecule has 3 aromatic carbocycles. The lowest BCUT2D eigenvalue weighted by Crippen LogP contribution is -2.10. The van der Waals surface area contributed by atoms with E-state index in [2.05, 4.69) is 0 Å². The molecule has 0 aliphatic rings. The maximum atomic E-state index is 10.7. The van der Waals surface area contributed by atoms with Gasteiger partial charge in [-0.2, -0.15) is 0 Å². The summed E-state index contributed by atoms with van der Waals surface area (Å²) in [5.41, 5.74) is 3.69. The fraction of sp³-hybridized carbons (Fsp3) is 0.214. The van der Waals surface area contributed by atoms with Crippen LogP contribution in [-0.2, 0) is 11.4 Å². The van der Waals surface area contributed by atoms with Gasteiger partial charge in [0.1, 0.15) is 28.9 Å². The van der Waals surface area contributed by atoms with E-state index in [1.165, 1.54) is 0 Å². The zero-order valence-electron chi connectivity index (χ0n) is 20.3. The summed E-state index contributed by atoms with van der Waals surface area (Å²) in [6.45, 7) is 5.77. The Hall–Kier alpha value is -3.84. The summed E-state index contributed by atoms with van der Waals surface area (Å²) >= 11 is 1.57. The van der Waals surface area contributed by atoms with Gasteiger partial charge in [0.15, 0.2) is 6.61 Å². The summed E-state index contributed by atoms with van der Waals surface area (Å²) < 4.78 is 16.9. The van der Waals surface area contributed by atoms with Crippen LogP contribution in [0.3, 0.4) is 0 Å². The number of benzene rings is 3. The molecule has 0 unspecified atom stereocenters. The third kappa shape index (κ3) is 6.61. The van der Waals surface area contributed by atoms with E-state index in [-0.39, 0.29) is 6.61 Å². The van der Waals surface area contributed by atoms with Gasteiger partial charge in [-0.1, -0.05) is 56.3 Å². The number of aryl methyl sites for hydroxylation is 1. The lowest BCUT2D eigenvalue weighted by molar-refractivity contribution is -0.139. The van der Waals surface area contributed by atoms with E-state index in [0.29, 0.717) is 18.1 Å². The molecule has 7 heteroatoms. The van der Waals surface area contributed by atoms with Gasteiger partial charge >= 0.3 is 5.97 Å². The van der Waals surface area contributed by atoms with Crippen molar-refractivity contribution in [1.82, 2.24) is 4.98 Å². The highest BCUT2D eigenvalue weighted by atomic mass is 32.1. The third-order valence-corrected chi connectivity index (χ3v) is 5.99. The molecule has 0 saturated carbocycles. The van der Waals surface area contributed by atoms with Gasteiger partial charge in [-0.3, -0.25) is 0 Å². The van der Waals surface area contributed by atoms with Crippen molar-refractivity contribution in [3.05, 3.63) is 83.4 Å². The Bertz CT molecular complexity index is 1250. The molecule has 4 aromatic rings. The van der Waals surface area contributed by atoms with Crippen molar-refractivity contribution < 1.29 is 24.1 Å². The zero-order chi connectivity index (χ0) is 25.2. The predicted octanol–water partition coefficient (Wildman–Crippen LogP) is 6.86. The number of aliphatic carboxylic acids is 1. The quantitative estimate of drug-likeness (QED) is 0.275. The summed E-state index contributed by atoms with van der Waals surface area (Å²) in [6, 6.07) is 23.2. The second-order valence-electron chi connectivity index (χ2n) is 7.25. The SMILES string of the molecule is CC.COc1ccccc1-c1sc(COc2ccc(OCC(=O)O)c(C)c2)nc1-c1ccccc1. The van der Waals surface area contributed by atoms with Crippen LogP contribution in [0.15, 0.2) is 72.8 Å². The van der Waals surface area contributed by atoms with Crippen molar-refractivity contribution in [3.8, 4) is 38.9 Å². The van der Waals surface area contributed by atoms with E-state index in [4.69, 9.17) is 24.3 Å². The summed E-state index contributed by atoms with van der Waals surface area (Å²) in [5.74, 6) is 0.950. The van der Waals surface area contributed by atoms with Crippen LogP contribution in [0.2, 0.25) is 0 Å². The fourth-order valence-electron chi connectivity index (χ4n) is 3.39. The Morgan fingerprint density at radius 1 is 0.943 bits per heavy atom. The van der Waals surface area contributed by atoms with E-state index in [0.717, 1.165) is 38.0 Å². The predicted molar refractivity (Wildman–Crippen MR) is 140 cm³/mol. The number of hydrogen-bond acceptors (Lipinski definition) is 6. The van der Waals surface area contributed by atoms with Crippen LogP contribution in [0.4, 0.5) is 0 Å². The largest absolute Gasteiger partial charge is 0.496 e. The molecule has 0 aliphatic heterocycles. The van der Waals surface area contributed by atoms with Crippen LogP contribution in [0, 0.1) is 6.92 Å². The van der Waals surface area contributed by atoms with E-state index in [1.807, 2.05) is 81.4 Å². The second kappa shape index (κ2) is 12.6. The van der Waals surface area contributed by atoms with Gasteiger partial charge in [0.2, 0.25) is 0 Å². The van der Waals surface area contributed by atoms with Gasteiger partial charge in [-0.25, -0.2) is 9.78 Å². The van der Waals surface area contributed by atoms with Gasteiger partial charge in [0.25, 0.3) is 0 Å². The number of hydrogen-bond donors (Lipinski definition) is 1. The van der Waals surface area contributed by atoms with Crippen LogP contribution >= 0.6 is 11.3 Å². The second-order valence-corrected chi connectivity index (χ2v) is 8.33. The van der Waals surface area contributed by atoms with Gasteiger partial charge in [-0.15, -0.1) is 11.3 Å². The molecule has 0 radical (unpaired) electrons. The average molecular weight is 492 g/mol. The molecule has 35 heavy (non-hydrogen) atoms. The first-order valence-corrected chi connectivity index (χ1v) is 12.1. The number of rotatable bonds is 9. The molecular weight excluding hydrogens is 462 g/mol. The van der Waals surface area contributed by atoms with E-state index >= 15 is 0 Å². The number of nitrogens with zero attached hydrogens (tertiary/aromatic N) is 1. The van der Waals surface area contributed by atoms with Crippen LogP contribution in [-0.4, -0.2) is 29.8 Å². The van der Waals surface area contributed by atoms with Crippen molar-refractivity contribution in [3.63, 3.8) is 0 Å². The number of thiazole rings is 1. The summed E-state index contributed by atoms with van der Waals surface area (Å²) in [6.07, 6.45) is 0. The maximum Gasteiger partial charge on any atom is 0.341 e. The van der Waals surface area contributed by atoms with E-state index in [9.17, 15) is 4.79 Å². The molecule has 0 saturated heterocycles. The normalized spacial score (nSPS) is 10.2. The summed E-state index contributed by atoms with van der Waals surface area (Å²) in [5, 5.41) is 9.62. The molecule has 0 bridgehead atoms. The van der Waals surface area contributed by atoms with Crippen molar-refractivity contribution >= 4 is 17.3 Å². The van der Waals surface area contributed by atoms with Gasteiger partial charge in [0.05, 0.1) is 17.7 Å². The molecule has 0 atom stereocenters. The smallest absolute Gasteiger partial charge is 0.341 e. The standard InChI is InChI=1S/C26H23NO5S.C2H6/c1-17-14-19(12-13-21(17)32-16-24(28)29)31-15-23-27-25(18-8-4-3-5-9-18)26(33-23)20-10-6-7-11-22(20)30-2;1-2/h3-14H,15-16H2,1-2H3,(H,28,29);1-2H3. The van der Waals surface area contributed by atoms with Gasteiger partial charge in [0, 0.05) is 11.1 Å². The molecular formula is C28H29NO5S. The highest BCUT2D eigenvalue weighted by Crippen LogP contribution is 2.41. The number of para-hydroxylation sites is 1.